The molecule has 0 spiro atoms. The number of nitrogens with zero attached hydrogens (tertiary/aromatic N) is 3. The van der Waals surface area contributed by atoms with E-state index in [9.17, 15) is 14.7 Å². The molecule has 0 fully saturated rings. The van der Waals surface area contributed by atoms with E-state index in [1.54, 1.807) is 18.3 Å². The number of carbonyl (C=O) groups excluding carboxylic acids is 1. The number of aliphatic carboxylic acids is 1. The van der Waals surface area contributed by atoms with Gasteiger partial charge in [0.1, 0.15) is 5.69 Å². The fourth-order valence-electron chi connectivity index (χ4n) is 2.87. The Hall–Kier alpha value is -3.55. The quantitative estimate of drug-likeness (QED) is 0.572. The monoisotopic (exact) mass is 394 g/mol. The van der Waals surface area contributed by atoms with Gasteiger partial charge in [0.05, 0.1) is 5.92 Å². The summed E-state index contributed by atoms with van der Waals surface area (Å²) in [6, 6.07) is 13.1. The van der Waals surface area contributed by atoms with Crippen LogP contribution in [0.2, 0.25) is 0 Å². The second kappa shape index (κ2) is 9.59. The van der Waals surface area contributed by atoms with Gasteiger partial charge >= 0.3 is 5.97 Å². The molecule has 0 aliphatic heterocycles. The lowest BCUT2D eigenvalue weighted by atomic mass is 9.98. The van der Waals surface area contributed by atoms with Gasteiger partial charge in [0.15, 0.2) is 0 Å². The maximum Gasteiger partial charge on any atom is 0.308 e. The number of carbonyl (C=O) groups is 2. The topological polar surface area (TPSA) is 118 Å². The molecule has 2 heterocycles. The van der Waals surface area contributed by atoms with Crippen molar-refractivity contribution in [3.63, 3.8) is 0 Å². The standard InChI is InChI=1S/C21H22N4O4/c1-14-5-4-6-15(11-14)12-16(21(27)28)13-23-18(26)8-9-19-24-20(25-29-19)17-7-2-3-10-22-17/h2-7,10-11,16H,8-9,12-13H2,1H3,(H,23,26)(H,27,28). The van der Waals surface area contributed by atoms with Crippen molar-refractivity contribution < 1.29 is 19.2 Å². The molecule has 8 heteroatoms. The van der Waals surface area contributed by atoms with E-state index in [2.05, 4.69) is 20.4 Å². The van der Waals surface area contributed by atoms with Crippen molar-refractivity contribution in [2.45, 2.75) is 26.2 Å². The van der Waals surface area contributed by atoms with Crippen molar-refractivity contribution in [2.75, 3.05) is 6.54 Å². The van der Waals surface area contributed by atoms with E-state index in [4.69, 9.17) is 4.52 Å². The summed E-state index contributed by atoms with van der Waals surface area (Å²) in [7, 11) is 0. The van der Waals surface area contributed by atoms with Crippen LogP contribution < -0.4 is 5.32 Å². The lowest BCUT2D eigenvalue weighted by Crippen LogP contribution is -2.34. The number of carboxylic acid groups (broad SMARTS) is 1. The molecule has 1 atom stereocenters. The predicted molar refractivity (Wildman–Crippen MR) is 105 cm³/mol. The van der Waals surface area contributed by atoms with Gasteiger partial charge in [0, 0.05) is 25.6 Å². The molecule has 0 aliphatic carbocycles. The maximum absolute atomic E-state index is 12.1. The lowest BCUT2D eigenvalue weighted by Gasteiger charge is -2.13. The Bertz CT molecular complexity index is 972. The molecule has 2 N–H and O–H groups in total. The van der Waals surface area contributed by atoms with Gasteiger partial charge in [-0.15, -0.1) is 0 Å². The van der Waals surface area contributed by atoms with E-state index in [-0.39, 0.29) is 25.3 Å². The molecule has 0 saturated carbocycles. The molecule has 3 rings (SSSR count). The van der Waals surface area contributed by atoms with E-state index < -0.39 is 11.9 Å². The van der Waals surface area contributed by atoms with E-state index in [0.717, 1.165) is 11.1 Å². The van der Waals surface area contributed by atoms with Crippen LogP contribution in [0.4, 0.5) is 0 Å². The zero-order chi connectivity index (χ0) is 20.6. The van der Waals surface area contributed by atoms with Gasteiger partial charge in [0.25, 0.3) is 0 Å². The number of nitrogens with one attached hydrogen (secondary N) is 1. The average Bonchev–Trinajstić information content (AvgIpc) is 3.19. The minimum atomic E-state index is -0.941. The van der Waals surface area contributed by atoms with Crippen LogP contribution in [0, 0.1) is 12.8 Å². The smallest absolute Gasteiger partial charge is 0.308 e. The molecule has 2 aromatic heterocycles. The largest absolute Gasteiger partial charge is 0.481 e. The fraction of sp³-hybridized carbons (Fsp3) is 0.286. The van der Waals surface area contributed by atoms with Gasteiger partial charge in [-0.3, -0.25) is 14.6 Å². The van der Waals surface area contributed by atoms with Crippen molar-refractivity contribution in [2.24, 2.45) is 5.92 Å². The number of carboxylic acids is 1. The summed E-state index contributed by atoms with van der Waals surface area (Å²) >= 11 is 0. The first-order valence-electron chi connectivity index (χ1n) is 9.30. The first-order chi connectivity index (χ1) is 14.0. The van der Waals surface area contributed by atoms with E-state index in [0.29, 0.717) is 23.8 Å². The molecular formula is C21H22N4O4. The number of aryl methyl sites for hydroxylation is 2. The Kier molecular flexibility index (Phi) is 6.67. The Morgan fingerprint density at radius 3 is 2.79 bits per heavy atom. The van der Waals surface area contributed by atoms with Crippen molar-refractivity contribution in [3.8, 4) is 11.5 Å². The summed E-state index contributed by atoms with van der Waals surface area (Å²) in [6.45, 7) is 2.02. The van der Waals surface area contributed by atoms with Gasteiger partial charge < -0.3 is 14.9 Å². The Morgan fingerprint density at radius 2 is 2.07 bits per heavy atom. The second-order valence-electron chi connectivity index (χ2n) is 6.76. The Balaban J connectivity index is 1.48. The predicted octanol–water partition coefficient (Wildman–Crippen LogP) is 2.43. The summed E-state index contributed by atoms with van der Waals surface area (Å²) in [5.41, 5.74) is 2.59. The van der Waals surface area contributed by atoms with Crippen LogP contribution in [0.3, 0.4) is 0 Å². The molecule has 29 heavy (non-hydrogen) atoms. The van der Waals surface area contributed by atoms with Crippen LogP contribution in [0.1, 0.15) is 23.4 Å². The van der Waals surface area contributed by atoms with Crippen LogP contribution in [-0.4, -0.2) is 38.7 Å². The Morgan fingerprint density at radius 1 is 1.21 bits per heavy atom. The summed E-state index contributed by atoms with van der Waals surface area (Å²) in [6.07, 6.45) is 2.38. The molecular weight excluding hydrogens is 372 g/mol. The summed E-state index contributed by atoms with van der Waals surface area (Å²) < 4.78 is 5.15. The van der Waals surface area contributed by atoms with E-state index in [1.807, 2.05) is 37.3 Å². The molecule has 3 aromatic rings. The van der Waals surface area contributed by atoms with Crippen LogP contribution in [0.5, 0.6) is 0 Å². The SMILES string of the molecule is Cc1cccc(CC(CNC(=O)CCc2nc(-c3ccccn3)no2)C(=O)O)c1. The number of pyridine rings is 1. The highest BCUT2D eigenvalue weighted by Gasteiger charge is 2.19. The van der Waals surface area contributed by atoms with E-state index in [1.165, 1.54) is 0 Å². The first-order valence-corrected chi connectivity index (χ1v) is 9.30. The molecule has 0 bridgehead atoms. The number of aromatic nitrogens is 3. The zero-order valence-corrected chi connectivity index (χ0v) is 16.0. The third-order valence-corrected chi connectivity index (χ3v) is 4.39. The van der Waals surface area contributed by atoms with Gasteiger partial charge in [-0.1, -0.05) is 41.1 Å². The maximum atomic E-state index is 12.1. The minimum absolute atomic E-state index is 0.0606. The van der Waals surface area contributed by atoms with Gasteiger partial charge in [0.2, 0.25) is 17.6 Å². The fourth-order valence-corrected chi connectivity index (χ4v) is 2.87. The average molecular weight is 394 g/mol. The summed E-state index contributed by atoms with van der Waals surface area (Å²) in [5, 5.41) is 16.0. The number of hydrogen-bond acceptors (Lipinski definition) is 6. The highest BCUT2D eigenvalue weighted by molar-refractivity contribution is 5.77. The number of benzene rings is 1. The van der Waals surface area contributed by atoms with Gasteiger partial charge in [-0.25, -0.2) is 0 Å². The normalized spacial score (nSPS) is 11.8. The molecule has 8 nitrogen and oxygen atoms in total. The van der Waals surface area contributed by atoms with Crippen molar-refractivity contribution in [1.82, 2.24) is 20.4 Å². The first kappa shape index (κ1) is 20.2. The van der Waals surface area contributed by atoms with Gasteiger partial charge in [-0.05, 0) is 31.0 Å². The van der Waals surface area contributed by atoms with Crippen LogP contribution >= 0.6 is 0 Å². The Labute approximate surface area is 168 Å². The molecule has 0 radical (unpaired) electrons. The third-order valence-electron chi connectivity index (χ3n) is 4.39. The highest BCUT2D eigenvalue weighted by atomic mass is 16.5. The summed E-state index contributed by atoms with van der Waals surface area (Å²) in [4.78, 5) is 32.0. The zero-order valence-electron chi connectivity index (χ0n) is 16.0. The van der Waals surface area contributed by atoms with Crippen molar-refractivity contribution >= 4 is 11.9 Å². The molecule has 1 unspecified atom stereocenters. The van der Waals surface area contributed by atoms with Gasteiger partial charge in [-0.2, -0.15) is 4.98 Å². The van der Waals surface area contributed by atoms with Crippen LogP contribution in [0.15, 0.2) is 53.2 Å². The van der Waals surface area contributed by atoms with Crippen molar-refractivity contribution in [1.29, 1.82) is 0 Å². The third kappa shape index (κ3) is 5.97. The molecule has 1 amide bonds. The number of amides is 1. The highest BCUT2D eigenvalue weighted by Crippen LogP contribution is 2.13. The minimum Gasteiger partial charge on any atom is -0.481 e. The molecule has 0 saturated heterocycles. The lowest BCUT2D eigenvalue weighted by molar-refractivity contribution is -0.141. The molecule has 1 aromatic carbocycles. The van der Waals surface area contributed by atoms with Crippen LogP contribution in [-0.2, 0) is 22.4 Å². The number of rotatable bonds is 9. The molecule has 0 aliphatic rings. The van der Waals surface area contributed by atoms with Crippen molar-refractivity contribution in [3.05, 3.63) is 65.7 Å². The number of hydrogen-bond donors (Lipinski definition) is 2. The molecule has 150 valence electrons. The second-order valence-corrected chi connectivity index (χ2v) is 6.76. The van der Waals surface area contributed by atoms with Crippen LogP contribution in [0.25, 0.3) is 11.5 Å². The van der Waals surface area contributed by atoms with E-state index >= 15 is 0 Å². The summed E-state index contributed by atoms with van der Waals surface area (Å²) in [5.74, 6) is -1.21.